The lowest BCUT2D eigenvalue weighted by molar-refractivity contribution is -0.121. The molecular formula is C24H26N6O2. The molecule has 4 aromatic rings. The molecule has 0 aliphatic rings. The molecule has 0 bridgehead atoms. The van der Waals surface area contributed by atoms with E-state index < -0.39 is 0 Å². The van der Waals surface area contributed by atoms with Crippen molar-refractivity contribution >= 4 is 16.9 Å². The Morgan fingerprint density at radius 2 is 1.78 bits per heavy atom. The fourth-order valence-electron chi connectivity index (χ4n) is 3.65. The molecule has 0 aliphatic heterocycles. The van der Waals surface area contributed by atoms with E-state index in [1.807, 2.05) is 62.6 Å². The van der Waals surface area contributed by atoms with Gasteiger partial charge in [0, 0.05) is 19.4 Å². The van der Waals surface area contributed by atoms with Crippen molar-refractivity contribution in [2.24, 2.45) is 0 Å². The maximum Gasteiger partial charge on any atom is 0.262 e. The first-order chi connectivity index (χ1) is 15.5. The Bertz CT molecular complexity index is 1250. The third-order valence-electron chi connectivity index (χ3n) is 5.38. The zero-order valence-corrected chi connectivity index (χ0v) is 18.2. The normalized spacial score (nSPS) is 12.2. The number of H-pyrrole nitrogens is 1. The average Bonchev–Trinajstić information content (AvgIpc) is 3.23. The second-order valence-electron chi connectivity index (χ2n) is 7.84. The SMILES string of the molecule is CN(C)C(CNC(=O)CCc1nc2c(cnn2-c2ccccc2)c(=O)[nH]1)c1ccccc1. The van der Waals surface area contributed by atoms with Gasteiger partial charge < -0.3 is 15.2 Å². The van der Waals surface area contributed by atoms with Gasteiger partial charge in [0.05, 0.1) is 17.9 Å². The van der Waals surface area contributed by atoms with Gasteiger partial charge in [-0.05, 0) is 31.8 Å². The lowest BCUT2D eigenvalue weighted by Crippen LogP contribution is -2.34. The van der Waals surface area contributed by atoms with Crippen LogP contribution in [0.2, 0.25) is 0 Å². The van der Waals surface area contributed by atoms with Gasteiger partial charge in [0.15, 0.2) is 5.65 Å². The first-order valence-corrected chi connectivity index (χ1v) is 10.5. The summed E-state index contributed by atoms with van der Waals surface area (Å²) in [6.07, 6.45) is 2.06. The molecule has 164 valence electrons. The van der Waals surface area contributed by atoms with Gasteiger partial charge in [0.2, 0.25) is 5.91 Å². The number of aryl methyl sites for hydroxylation is 1. The molecule has 0 radical (unpaired) electrons. The number of hydrogen-bond acceptors (Lipinski definition) is 5. The summed E-state index contributed by atoms with van der Waals surface area (Å²) in [5, 5.41) is 7.72. The molecule has 2 N–H and O–H groups in total. The molecule has 0 saturated carbocycles. The van der Waals surface area contributed by atoms with Crippen LogP contribution in [0.1, 0.15) is 23.9 Å². The van der Waals surface area contributed by atoms with Crippen LogP contribution in [0.4, 0.5) is 0 Å². The van der Waals surface area contributed by atoms with Crippen LogP contribution in [0.5, 0.6) is 0 Å². The van der Waals surface area contributed by atoms with Gasteiger partial charge in [-0.2, -0.15) is 5.10 Å². The number of fused-ring (bicyclic) bond motifs is 1. The van der Waals surface area contributed by atoms with Crippen LogP contribution in [0.25, 0.3) is 16.7 Å². The van der Waals surface area contributed by atoms with E-state index in [0.717, 1.165) is 11.3 Å². The Kier molecular flexibility index (Phi) is 6.42. The van der Waals surface area contributed by atoms with Crippen LogP contribution in [0, 0.1) is 0 Å². The Hall–Kier alpha value is -3.78. The largest absolute Gasteiger partial charge is 0.354 e. The van der Waals surface area contributed by atoms with E-state index in [2.05, 4.69) is 37.4 Å². The lowest BCUT2D eigenvalue weighted by Gasteiger charge is -2.25. The number of benzene rings is 2. The number of amides is 1. The Balaban J connectivity index is 1.44. The molecule has 2 aromatic heterocycles. The Morgan fingerprint density at radius 1 is 1.09 bits per heavy atom. The lowest BCUT2D eigenvalue weighted by atomic mass is 10.1. The van der Waals surface area contributed by atoms with E-state index in [0.29, 0.717) is 29.8 Å². The minimum atomic E-state index is -0.260. The van der Waals surface area contributed by atoms with Crippen molar-refractivity contribution in [2.45, 2.75) is 18.9 Å². The number of carbonyl (C=O) groups is 1. The molecular weight excluding hydrogens is 404 g/mol. The second kappa shape index (κ2) is 9.57. The number of para-hydroxylation sites is 1. The summed E-state index contributed by atoms with van der Waals surface area (Å²) in [5.41, 5.74) is 2.18. The van der Waals surface area contributed by atoms with Crippen LogP contribution in [-0.2, 0) is 11.2 Å². The second-order valence-corrected chi connectivity index (χ2v) is 7.84. The molecule has 4 rings (SSSR count). The van der Waals surface area contributed by atoms with E-state index in [1.54, 1.807) is 4.68 Å². The van der Waals surface area contributed by atoms with Crippen molar-refractivity contribution in [1.82, 2.24) is 30.0 Å². The van der Waals surface area contributed by atoms with Gasteiger partial charge >= 0.3 is 0 Å². The summed E-state index contributed by atoms with van der Waals surface area (Å²) in [4.78, 5) is 34.4. The van der Waals surface area contributed by atoms with Crippen molar-refractivity contribution in [3.8, 4) is 5.69 Å². The topological polar surface area (TPSA) is 95.9 Å². The fourth-order valence-corrected chi connectivity index (χ4v) is 3.65. The molecule has 0 saturated heterocycles. The third-order valence-corrected chi connectivity index (χ3v) is 5.38. The highest BCUT2D eigenvalue weighted by molar-refractivity contribution is 5.77. The Labute approximate surface area is 185 Å². The number of hydrogen-bond donors (Lipinski definition) is 2. The van der Waals surface area contributed by atoms with E-state index in [1.165, 1.54) is 6.20 Å². The number of nitrogens with one attached hydrogen (secondary N) is 2. The summed E-state index contributed by atoms with van der Waals surface area (Å²) >= 11 is 0. The van der Waals surface area contributed by atoms with Gasteiger partial charge in [0.25, 0.3) is 5.56 Å². The summed E-state index contributed by atoms with van der Waals surface area (Å²) in [7, 11) is 3.98. The van der Waals surface area contributed by atoms with Gasteiger partial charge in [-0.1, -0.05) is 48.5 Å². The summed E-state index contributed by atoms with van der Waals surface area (Å²) in [6, 6.07) is 19.7. The van der Waals surface area contributed by atoms with Crippen molar-refractivity contribution < 1.29 is 4.79 Å². The predicted molar refractivity (Wildman–Crippen MR) is 124 cm³/mol. The van der Waals surface area contributed by atoms with Gasteiger partial charge in [-0.25, -0.2) is 9.67 Å². The summed E-state index contributed by atoms with van der Waals surface area (Å²) in [6.45, 7) is 0.500. The highest BCUT2D eigenvalue weighted by Crippen LogP contribution is 2.17. The number of carbonyl (C=O) groups excluding carboxylic acids is 1. The van der Waals surface area contributed by atoms with Crippen molar-refractivity contribution in [3.63, 3.8) is 0 Å². The van der Waals surface area contributed by atoms with Crippen LogP contribution in [0.15, 0.2) is 71.7 Å². The minimum Gasteiger partial charge on any atom is -0.354 e. The van der Waals surface area contributed by atoms with E-state index >= 15 is 0 Å². The monoisotopic (exact) mass is 430 g/mol. The van der Waals surface area contributed by atoms with Crippen molar-refractivity contribution in [3.05, 3.63) is 88.6 Å². The van der Waals surface area contributed by atoms with Crippen LogP contribution in [-0.4, -0.2) is 51.2 Å². The molecule has 8 nitrogen and oxygen atoms in total. The first kappa shape index (κ1) is 21.5. The number of aromatic nitrogens is 4. The quantitative estimate of drug-likeness (QED) is 0.448. The van der Waals surface area contributed by atoms with Crippen LogP contribution < -0.4 is 10.9 Å². The zero-order chi connectivity index (χ0) is 22.5. The number of likely N-dealkylation sites (N-methyl/N-ethyl adjacent to an activating group) is 1. The number of nitrogens with zero attached hydrogens (tertiary/aromatic N) is 4. The zero-order valence-electron chi connectivity index (χ0n) is 18.2. The molecule has 2 aromatic carbocycles. The van der Waals surface area contributed by atoms with Gasteiger partial charge in [0.1, 0.15) is 11.2 Å². The maximum atomic E-state index is 12.5. The van der Waals surface area contributed by atoms with E-state index in [9.17, 15) is 9.59 Å². The number of aromatic amines is 1. The minimum absolute atomic E-state index is 0.0784. The Morgan fingerprint density at radius 3 is 2.47 bits per heavy atom. The summed E-state index contributed by atoms with van der Waals surface area (Å²) in [5.74, 6) is 0.370. The molecule has 32 heavy (non-hydrogen) atoms. The van der Waals surface area contributed by atoms with Crippen LogP contribution >= 0.6 is 0 Å². The van der Waals surface area contributed by atoms with Crippen molar-refractivity contribution in [2.75, 3.05) is 20.6 Å². The smallest absolute Gasteiger partial charge is 0.262 e. The standard InChI is InChI=1S/C24H26N6O2/c1-29(2)20(17-9-5-3-6-10-17)16-25-22(31)14-13-21-27-23-19(24(32)28-21)15-26-30(23)18-11-7-4-8-12-18/h3-12,15,20H,13-14,16H2,1-2H3,(H,25,31)(H,27,28,32). The third kappa shape index (κ3) is 4.76. The maximum absolute atomic E-state index is 12.5. The molecule has 1 atom stereocenters. The molecule has 8 heteroatoms. The molecule has 1 amide bonds. The van der Waals surface area contributed by atoms with Crippen molar-refractivity contribution in [1.29, 1.82) is 0 Å². The first-order valence-electron chi connectivity index (χ1n) is 10.5. The molecule has 0 spiro atoms. The highest BCUT2D eigenvalue weighted by Gasteiger charge is 2.16. The van der Waals surface area contributed by atoms with E-state index in [-0.39, 0.29) is 23.9 Å². The van der Waals surface area contributed by atoms with E-state index in [4.69, 9.17) is 0 Å². The van der Waals surface area contributed by atoms with Gasteiger partial charge in [-0.15, -0.1) is 0 Å². The average molecular weight is 431 g/mol. The molecule has 0 aliphatic carbocycles. The predicted octanol–water partition coefficient (Wildman–Crippen LogP) is 2.46. The molecule has 2 heterocycles. The molecule has 0 fully saturated rings. The molecule has 1 unspecified atom stereocenters. The van der Waals surface area contributed by atoms with Crippen LogP contribution in [0.3, 0.4) is 0 Å². The number of rotatable bonds is 8. The summed E-state index contributed by atoms with van der Waals surface area (Å²) < 4.78 is 1.63. The van der Waals surface area contributed by atoms with Gasteiger partial charge in [-0.3, -0.25) is 9.59 Å². The fraction of sp³-hybridized carbons (Fsp3) is 0.250. The highest BCUT2D eigenvalue weighted by atomic mass is 16.1.